The van der Waals surface area contributed by atoms with Gasteiger partial charge in [0.1, 0.15) is 12.1 Å². The minimum atomic E-state index is -1.16. The first-order chi connectivity index (χ1) is 6.84. The standard InChI is InChI=1S/C8H15N3O4/c1-4(7(10)13)11-6(12)3-2-5(9)8(14)15/h4-5H,2-3,9H2,1H3,(H2,10,13)(H,11,12)(H,14,15)/t4-,5-/m1/s1. The molecule has 0 aromatic carbocycles. The second-order valence-electron chi connectivity index (χ2n) is 3.17. The average molecular weight is 217 g/mol. The van der Waals surface area contributed by atoms with Crippen molar-refractivity contribution in [1.29, 1.82) is 0 Å². The van der Waals surface area contributed by atoms with Crippen molar-refractivity contribution < 1.29 is 19.5 Å². The summed E-state index contributed by atoms with van der Waals surface area (Å²) in [5.41, 5.74) is 10.1. The lowest BCUT2D eigenvalue weighted by molar-refractivity contribution is -0.138. The van der Waals surface area contributed by atoms with E-state index in [4.69, 9.17) is 16.6 Å². The fourth-order valence-electron chi connectivity index (χ4n) is 0.795. The molecular weight excluding hydrogens is 202 g/mol. The van der Waals surface area contributed by atoms with Gasteiger partial charge < -0.3 is 21.9 Å². The molecule has 7 nitrogen and oxygen atoms in total. The van der Waals surface area contributed by atoms with Crippen LogP contribution < -0.4 is 16.8 Å². The summed E-state index contributed by atoms with van der Waals surface area (Å²) in [6.45, 7) is 1.44. The monoisotopic (exact) mass is 217 g/mol. The second kappa shape index (κ2) is 5.97. The summed E-state index contributed by atoms with van der Waals surface area (Å²) in [7, 11) is 0. The number of carboxylic acids is 1. The second-order valence-corrected chi connectivity index (χ2v) is 3.17. The summed E-state index contributed by atoms with van der Waals surface area (Å²) < 4.78 is 0. The maximum atomic E-state index is 11.1. The molecule has 0 spiro atoms. The van der Waals surface area contributed by atoms with E-state index in [-0.39, 0.29) is 12.8 Å². The van der Waals surface area contributed by atoms with E-state index in [2.05, 4.69) is 5.32 Å². The Morgan fingerprint density at radius 3 is 2.33 bits per heavy atom. The zero-order valence-corrected chi connectivity index (χ0v) is 8.40. The van der Waals surface area contributed by atoms with Gasteiger partial charge in [0.2, 0.25) is 11.8 Å². The Kier molecular flexibility index (Phi) is 5.32. The highest BCUT2D eigenvalue weighted by Crippen LogP contribution is 1.95. The van der Waals surface area contributed by atoms with Crippen molar-refractivity contribution in [2.75, 3.05) is 0 Å². The number of primary amides is 1. The Balaban J connectivity index is 3.85. The maximum absolute atomic E-state index is 11.1. The molecule has 0 aromatic rings. The number of rotatable bonds is 6. The first kappa shape index (κ1) is 13.4. The van der Waals surface area contributed by atoms with Gasteiger partial charge in [0.05, 0.1) is 0 Å². The molecule has 2 atom stereocenters. The van der Waals surface area contributed by atoms with Gasteiger partial charge in [-0.05, 0) is 13.3 Å². The molecular formula is C8H15N3O4. The summed E-state index contributed by atoms with van der Waals surface area (Å²) in [4.78, 5) is 32.0. The molecule has 0 aliphatic rings. The Morgan fingerprint density at radius 1 is 1.40 bits per heavy atom. The molecule has 0 bridgehead atoms. The highest BCUT2D eigenvalue weighted by Gasteiger charge is 2.16. The van der Waals surface area contributed by atoms with Gasteiger partial charge in [-0.25, -0.2) is 0 Å². The highest BCUT2D eigenvalue weighted by atomic mass is 16.4. The number of hydrogen-bond donors (Lipinski definition) is 4. The molecule has 0 radical (unpaired) electrons. The zero-order chi connectivity index (χ0) is 12.0. The third-order valence-electron chi connectivity index (χ3n) is 1.80. The molecule has 6 N–H and O–H groups in total. The van der Waals surface area contributed by atoms with Crippen LogP contribution in [0.5, 0.6) is 0 Å². The molecule has 7 heteroatoms. The topological polar surface area (TPSA) is 136 Å². The summed E-state index contributed by atoms with van der Waals surface area (Å²) in [5.74, 6) is -2.25. The molecule has 0 aliphatic heterocycles. The first-order valence-electron chi connectivity index (χ1n) is 4.41. The third-order valence-corrected chi connectivity index (χ3v) is 1.80. The summed E-state index contributed by atoms with van der Waals surface area (Å²) in [5, 5.41) is 10.7. The van der Waals surface area contributed by atoms with Gasteiger partial charge in [0.25, 0.3) is 0 Å². The van der Waals surface area contributed by atoms with Crippen molar-refractivity contribution in [2.24, 2.45) is 11.5 Å². The maximum Gasteiger partial charge on any atom is 0.320 e. The summed E-state index contributed by atoms with van der Waals surface area (Å²) >= 11 is 0. The average Bonchev–Trinajstić information content (AvgIpc) is 2.13. The van der Waals surface area contributed by atoms with Crippen LogP contribution in [0.25, 0.3) is 0 Å². The van der Waals surface area contributed by atoms with Crippen LogP contribution in [0.1, 0.15) is 19.8 Å². The first-order valence-corrected chi connectivity index (χ1v) is 4.41. The van der Waals surface area contributed by atoms with Gasteiger partial charge in [-0.3, -0.25) is 14.4 Å². The van der Waals surface area contributed by atoms with Gasteiger partial charge in [-0.2, -0.15) is 0 Å². The molecule has 0 fully saturated rings. The highest BCUT2D eigenvalue weighted by molar-refractivity contribution is 5.86. The SMILES string of the molecule is C[C@@H](NC(=O)CC[C@@H](N)C(=O)O)C(N)=O. The fraction of sp³-hybridized carbons (Fsp3) is 0.625. The normalized spacial score (nSPS) is 14.0. The van der Waals surface area contributed by atoms with E-state index < -0.39 is 29.9 Å². The number of nitrogens with two attached hydrogens (primary N) is 2. The molecule has 0 aromatic heterocycles. The van der Waals surface area contributed by atoms with E-state index >= 15 is 0 Å². The molecule has 15 heavy (non-hydrogen) atoms. The van der Waals surface area contributed by atoms with Crippen LogP contribution in [0.3, 0.4) is 0 Å². The van der Waals surface area contributed by atoms with E-state index in [1.165, 1.54) is 6.92 Å². The number of nitrogens with one attached hydrogen (secondary N) is 1. The van der Waals surface area contributed by atoms with Crippen molar-refractivity contribution in [1.82, 2.24) is 5.32 Å². The van der Waals surface area contributed by atoms with Crippen molar-refractivity contribution in [3.8, 4) is 0 Å². The van der Waals surface area contributed by atoms with Crippen LogP contribution in [-0.2, 0) is 14.4 Å². The largest absolute Gasteiger partial charge is 0.480 e. The van der Waals surface area contributed by atoms with Crippen LogP contribution in [0, 0.1) is 0 Å². The Morgan fingerprint density at radius 2 is 1.93 bits per heavy atom. The van der Waals surface area contributed by atoms with Gasteiger partial charge >= 0.3 is 5.97 Å². The Hall–Kier alpha value is -1.63. The number of carbonyl (C=O) groups is 3. The molecule has 0 saturated carbocycles. The Bertz CT molecular complexity index is 267. The lowest BCUT2D eigenvalue weighted by Gasteiger charge is -2.10. The number of carboxylic acid groups (broad SMARTS) is 1. The lowest BCUT2D eigenvalue weighted by Crippen LogP contribution is -2.42. The van der Waals surface area contributed by atoms with E-state index in [0.717, 1.165) is 0 Å². The smallest absolute Gasteiger partial charge is 0.320 e. The fourth-order valence-corrected chi connectivity index (χ4v) is 0.795. The molecule has 2 amide bonds. The quantitative estimate of drug-likeness (QED) is 0.415. The van der Waals surface area contributed by atoms with E-state index in [1.807, 2.05) is 0 Å². The van der Waals surface area contributed by atoms with E-state index in [9.17, 15) is 14.4 Å². The van der Waals surface area contributed by atoms with Crippen molar-refractivity contribution in [3.63, 3.8) is 0 Å². The van der Waals surface area contributed by atoms with Crippen LogP contribution in [0.2, 0.25) is 0 Å². The number of carbonyl (C=O) groups excluding carboxylic acids is 2. The summed E-state index contributed by atoms with van der Waals surface area (Å²) in [6, 6.07) is -1.84. The van der Waals surface area contributed by atoms with Crippen molar-refractivity contribution in [3.05, 3.63) is 0 Å². The zero-order valence-electron chi connectivity index (χ0n) is 8.40. The molecule has 0 saturated heterocycles. The predicted octanol–water partition coefficient (Wildman–Crippen LogP) is -1.83. The molecule has 0 rings (SSSR count). The minimum Gasteiger partial charge on any atom is -0.480 e. The summed E-state index contributed by atoms with van der Waals surface area (Å²) in [6.07, 6.45) is -0.0300. The van der Waals surface area contributed by atoms with E-state index in [0.29, 0.717) is 0 Å². The van der Waals surface area contributed by atoms with Crippen LogP contribution in [-0.4, -0.2) is 35.0 Å². The number of amides is 2. The van der Waals surface area contributed by atoms with Crippen molar-refractivity contribution >= 4 is 17.8 Å². The van der Waals surface area contributed by atoms with Crippen LogP contribution in [0.15, 0.2) is 0 Å². The van der Waals surface area contributed by atoms with E-state index in [1.54, 1.807) is 0 Å². The number of hydrogen-bond acceptors (Lipinski definition) is 4. The van der Waals surface area contributed by atoms with Gasteiger partial charge in [0.15, 0.2) is 0 Å². The lowest BCUT2D eigenvalue weighted by atomic mass is 10.1. The van der Waals surface area contributed by atoms with Gasteiger partial charge in [-0.1, -0.05) is 0 Å². The Labute approximate surface area is 86.8 Å². The molecule has 86 valence electrons. The van der Waals surface area contributed by atoms with Crippen LogP contribution >= 0.6 is 0 Å². The number of aliphatic carboxylic acids is 1. The van der Waals surface area contributed by atoms with Crippen LogP contribution in [0.4, 0.5) is 0 Å². The molecule has 0 unspecified atom stereocenters. The molecule has 0 heterocycles. The predicted molar refractivity (Wildman–Crippen MR) is 51.6 cm³/mol. The molecule has 0 aliphatic carbocycles. The van der Waals surface area contributed by atoms with Gasteiger partial charge in [-0.15, -0.1) is 0 Å². The third kappa shape index (κ3) is 5.63. The minimum absolute atomic E-state index is 0.0205. The van der Waals surface area contributed by atoms with Crippen molar-refractivity contribution in [2.45, 2.75) is 31.8 Å². The van der Waals surface area contributed by atoms with Gasteiger partial charge in [0, 0.05) is 6.42 Å².